The van der Waals surface area contributed by atoms with E-state index in [9.17, 15) is 4.79 Å². The van der Waals surface area contributed by atoms with Crippen LogP contribution in [-0.4, -0.2) is 19.0 Å². The highest BCUT2D eigenvalue weighted by atomic mass is 16.5. The van der Waals surface area contributed by atoms with Crippen molar-refractivity contribution in [2.45, 2.75) is 26.4 Å². The van der Waals surface area contributed by atoms with Crippen molar-refractivity contribution in [3.8, 4) is 0 Å². The first-order chi connectivity index (χ1) is 4.75. The Morgan fingerprint density at radius 2 is 2.30 bits per heavy atom. The van der Waals surface area contributed by atoms with Gasteiger partial charge in [-0.25, -0.2) is 0 Å². The molecule has 1 aliphatic heterocycles. The Balaban J connectivity index is 2.49. The highest BCUT2D eigenvalue weighted by Crippen LogP contribution is 2.24. The molecule has 2 atom stereocenters. The smallest absolute Gasteiger partial charge is 0.125 e. The lowest BCUT2D eigenvalue weighted by Gasteiger charge is -2.16. The van der Waals surface area contributed by atoms with Gasteiger partial charge in [-0.3, -0.25) is 0 Å². The molecule has 2 unspecified atom stereocenters. The van der Waals surface area contributed by atoms with Gasteiger partial charge in [0.25, 0.3) is 0 Å². The van der Waals surface area contributed by atoms with Gasteiger partial charge in [-0.05, 0) is 12.3 Å². The molecule has 2 nitrogen and oxygen atoms in total. The molecule has 0 aromatic rings. The Kier molecular flexibility index (Phi) is 2.44. The van der Waals surface area contributed by atoms with Gasteiger partial charge in [-0.1, -0.05) is 13.8 Å². The van der Waals surface area contributed by atoms with Crippen molar-refractivity contribution < 1.29 is 9.53 Å². The van der Waals surface area contributed by atoms with E-state index in [4.69, 9.17) is 4.74 Å². The Hall–Kier alpha value is -0.370. The highest BCUT2D eigenvalue weighted by Gasteiger charge is 2.29. The van der Waals surface area contributed by atoms with Crippen molar-refractivity contribution in [3.05, 3.63) is 0 Å². The molecule has 1 rings (SSSR count). The summed E-state index contributed by atoms with van der Waals surface area (Å²) in [4.78, 5) is 10.4. The minimum absolute atomic E-state index is 0.153. The average molecular weight is 142 g/mol. The van der Waals surface area contributed by atoms with Gasteiger partial charge in [0.2, 0.25) is 0 Å². The maximum absolute atomic E-state index is 10.4. The van der Waals surface area contributed by atoms with E-state index in [-0.39, 0.29) is 12.0 Å². The fourth-order valence-electron chi connectivity index (χ4n) is 1.46. The van der Waals surface area contributed by atoms with Crippen LogP contribution in [0.4, 0.5) is 0 Å². The van der Waals surface area contributed by atoms with E-state index in [2.05, 4.69) is 13.8 Å². The van der Waals surface area contributed by atoms with E-state index in [1.807, 2.05) is 0 Å². The van der Waals surface area contributed by atoms with Crippen LogP contribution < -0.4 is 0 Å². The zero-order valence-corrected chi connectivity index (χ0v) is 6.54. The molecule has 0 radical (unpaired) electrons. The molecular formula is C8H14O2. The van der Waals surface area contributed by atoms with Crippen LogP contribution in [-0.2, 0) is 9.53 Å². The Bertz CT molecular complexity index is 120. The third-order valence-electron chi connectivity index (χ3n) is 2.02. The van der Waals surface area contributed by atoms with Crippen LogP contribution in [0.15, 0.2) is 0 Å². The van der Waals surface area contributed by atoms with Crippen LogP contribution in [0.2, 0.25) is 0 Å². The van der Waals surface area contributed by atoms with Gasteiger partial charge in [0.1, 0.15) is 6.29 Å². The standard InChI is InChI=1S/C8H14O2/c1-6(2)8-7(5-9)3-4-10-8/h5-8H,3-4H2,1-2H3. The monoisotopic (exact) mass is 142 g/mol. The Labute approximate surface area is 61.6 Å². The van der Waals surface area contributed by atoms with Crippen molar-refractivity contribution in [1.29, 1.82) is 0 Å². The van der Waals surface area contributed by atoms with E-state index < -0.39 is 0 Å². The van der Waals surface area contributed by atoms with Crippen molar-refractivity contribution >= 4 is 6.29 Å². The first-order valence-electron chi connectivity index (χ1n) is 3.82. The fourth-order valence-corrected chi connectivity index (χ4v) is 1.46. The number of rotatable bonds is 2. The van der Waals surface area contributed by atoms with E-state index in [0.29, 0.717) is 5.92 Å². The summed E-state index contributed by atoms with van der Waals surface area (Å²) in [5.74, 6) is 0.623. The van der Waals surface area contributed by atoms with E-state index in [1.54, 1.807) is 0 Å². The van der Waals surface area contributed by atoms with Crippen LogP contribution in [0.3, 0.4) is 0 Å². The van der Waals surface area contributed by atoms with E-state index in [0.717, 1.165) is 19.3 Å². The topological polar surface area (TPSA) is 26.3 Å². The number of carbonyl (C=O) groups excluding carboxylic acids is 1. The molecular weight excluding hydrogens is 128 g/mol. The predicted octanol–water partition coefficient (Wildman–Crippen LogP) is 1.25. The first-order valence-corrected chi connectivity index (χ1v) is 3.82. The molecule has 0 aliphatic carbocycles. The summed E-state index contributed by atoms with van der Waals surface area (Å²) in [5.41, 5.74) is 0. The zero-order chi connectivity index (χ0) is 7.56. The molecule has 1 fully saturated rings. The number of ether oxygens (including phenoxy) is 1. The summed E-state index contributed by atoms with van der Waals surface area (Å²) in [6.07, 6.45) is 2.11. The SMILES string of the molecule is CC(C)C1OCCC1C=O. The summed E-state index contributed by atoms with van der Waals surface area (Å²) in [6, 6.07) is 0. The molecule has 0 amide bonds. The molecule has 10 heavy (non-hydrogen) atoms. The second-order valence-corrected chi connectivity index (χ2v) is 3.17. The molecule has 0 bridgehead atoms. The minimum Gasteiger partial charge on any atom is -0.377 e. The molecule has 0 spiro atoms. The molecule has 1 saturated heterocycles. The van der Waals surface area contributed by atoms with Gasteiger partial charge in [-0.15, -0.1) is 0 Å². The molecule has 1 aliphatic rings. The zero-order valence-electron chi connectivity index (χ0n) is 6.54. The number of hydrogen-bond donors (Lipinski definition) is 0. The average Bonchev–Trinajstić information content (AvgIpc) is 2.33. The quantitative estimate of drug-likeness (QED) is 0.542. The maximum atomic E-state index is 10.4. The van der Waals surface area contributed by atoms with Gasteiger partial charge in [0.05, 0.1) is 6.10 Å². The largest absolute Gasteiger partial charge is 0.377 e. The first kappa shape index (κ1) is 7.73. The molecule has 0 aromatic heterocycles. The lowest BCUT2D eigenvalue weighted by molar-refractivity contribution is -0.113. The maximum Gasteiger partial charge on any atom is 0.125 e. The molecule has 58 valence electrons. The van der Waals surface area contributed by atoms with Crippen LogP contribution in [0.1, 0.15) is 20.3 Å². The summed E-state index contributed by atoms with van der Waals surface area (Å²) >= 11 is 0. The molecule has 0 aromatic carbocycles. The summed E-state index contributed by atoms with van der Waals surface area (Å²) in [5, 5.41) is 0. The predicted molar refractivity (Wildman–Crippen MR) is 38.7 cm³/mol. The number of aldehydes is 1. The Morgan fingerprint density at radius 3 is 2.70 bits per heavy atom. The summed E-state index contributed by atoms with van der Waals surface area (Å²) < 4.78 is 5.39. The van der Waals surface area contributed by atoms with Gasteiger partial charge in [0, 0.05) is 12.5 Å². The number of hydrogen-bond acceptors (Lipinski definition) is 2. The van der Waals surface area contributed by atoms with Crippen molar-refractivity contribution in [2.75, 3.05) is 6.61 Å². The Morgan fingerprint density at radius 1 is 1.60 bits per heavy atom. The van der Waals surface area contributed by atoms with Gasteiger partial charge >= 0.3 is 0 Å². The number of carbonyl (C=O) groups is 1. The molecule has 2 heteroatoms. The summed E-state index contributed by atoms with van der Waals surface area (Å²) in [7, 11) is 0. The lowest BCUT2D eigenvalue weighted by Crippen LogP contribution is -2.23. The molecule has 0 N–H and O–H groups in total. The van der Waals surface area contributed by atoms with E-state index >= 15 is 0 Å². The lowest BCUT2D eigenvalue weighted by atomic mass is 9.94. The fraction of sp³-hybridized carbons (Fsp3) is 0.875. The van der Waals surface area contributed by atoms with Crippen molar-refractivity contribution in [3.63, 3.8) is 0 Å². The second kappa shape index (κ2) is 3.15. The van der Waals surface area contributed by atoms with Crippen molar-refractivity contribution in [1.82, 2.24) is 0 Å². The van der Waals surface area contributed by atoms with Gasteiger partial charge in [-0.2, -0.15) is 0 Å². The second-order valence-electron chi connectivity index (χ2n) is 3.17. The van der Waals surface area contributed by atoms with Crippen molar-refractivity contribution in [2.24, 2.45) is 11.8 Å². The van der Waals surface area contributed by atoms with Gasteiger partial charge < -0.3 is 9.53 Å². The molecule has 0 saturated carbocycles. The normalized spacial score (nSPS) is 33.1. The summed E-state index contributed by atoms with van der Waals surface area (Å²) in [6.45, 7) is 4.94. The van der Waals surface area contributed by atoms with E-state index in [1.165, 1.54) is 0 Å². The minimum atomic E-state index is 0.153. The van der Waals surface area contributed by atoms with Gasteiger partial charge in [0.15, 0.2) is 0 Å². The molecule has 1 heterocycles. The third-order valence-corrected chi connectivity index (χ3v) is 2.02. The van der Waals surface area contributed by atoms with Crippen LogP contribution in [0.25, 0.3) is 0 Å². The van der Waals surface area contributed by atoms with Crippen LogP contribution in [0, 0.1) is 11.8 Å². The van der Waals surface area contributed by atoms with Crippen LogP contribution in [0.5, 0.6) is 0 Å². The van der Waals surface area contributed by atoms with Crippen LogP contribution >= 0.6 is 0 Å². The highest BCUT2D eigenvalue weighted by molar-refractivity contribution is 5.55. The third kappa shape index (κ3) is 1.37.